The van der Waals surface area contributed by atoms with Crippen LogP contribution in [0.15, 0.2) is 53.5 Å². The van der Waals surface area contributed by atoms with Crippen LogP contribution in [0.2, 0.25) is 0 Å². The van der Waals surface area contributed by atoms with Gasteiger partial charge in [0.15, 0.2) is 0 Å². The molecule has 0 N–H and O–H groups in total. The highest BCUT2D eigenvalue weighted by Gasteiger charge is 2.09. The Bertz CT molecular complexity index is 722. The van der Waals surface area contributed by atoms with Crippen LogP contribution in [-0.2, 0) is 17.0 Å². The van der Waals surface area contributed by atoms with Gasteiger partial charge in [0.2, 0.25) is 0 Å². The summed E-state index contributed by atoms with van der Waals surface area (Å²) in [5.41, 5.74) is 0.617. The van der Waals surface area contributed by atoms with E-state index in [9.17, 15) is 17.1 Å². The first-order valence-corrected chi connectivity index (χ1v) is 6.63. The molecule has 0 saturated heterocycles. The molecule has 2 aromatic rings. The predicted molar refractivity (Wildman–Crippen MR) is 66.9 cm³/mol. The Kier molecular flexibility index (Phi) is 3.66. The van der Waals surface area contributed by atoms with E-state index in [1.165, 1.54) is 22.8 Å². The summed E-state index contributed by atoms with van der Waals surface area (Å²) in [5, 5.41) is 0. The van der Waals surface area contributed by atoms with Crippen molar-refractivity contribution in [2.45, 2.75) is 6.54 Å². The Balaban J connectivity index is 2.16. The second-order valence-electron chi connectivity index (χ2n) is 3.79. The number of hydrogen-bond acceptors (Lipinski definition) is 4. The van der Waals surface area contributed by atoms with Crippen molar-refractivity contribution in [2.24, 2.45) is 0 Å². The number of hydrogen-bond donors (Lipinski definition) is 0. The van der Waals surface area contributed by atoms with E-state index < -0.39 is 10.5 Å². The van der Waals surface area contributed by atoms with Crippen LogP contribution in [0, 0.1) is 0 Å². The fraction of sp³-hybridized carbons (Fsp3) is 0.0833. The van der Waals surface area contributed by atoms with Gasteiger partial charge in [-0.05, 0) is 23.8 Å². The number of benzene rings is 1. The third-order valence-corrected chi connectivity index (χ3v) is 2.76. The van der Waals surface area contributed by atoms with Crippen LogP contribution in [0.3, 0.4) is 0 Å². The van der Waals surface area contributed by atoms with E-state index >= 15 is 0 Å². The second kappa shape index (κ2) is 5.23. The summed E-state index contributed by atoms with van der Waals surface area (Å²) in [5.74, 6) is -0.119. The predicted octanol–water partition coefficient (Wildman–Crippen LogP) is 1.49. The first kappa shape index (κ1) is 13.3. The van der Waals surface area contributed by atoms with Gasteiger partial charge in [0.1, 0.15) is 5.75 Å². The summed E-state index contributed by atoms with van der Waals surface area (Å²) in [6, 6.07) is 10.6. The standard InChI is InChI=1S/C12H10FNO4S/c13-19(16,17)18-11-6-4-10(5-7-11)9-14-8-2-1-3-12(14)15/h1-8H,9H2. The van der Waals surface area contributed by atoms with Gasteiger partial charge in [0.05, 0.1) is 6.54 Å². The van der Waals surface area contributed by atoms with Gasteiger partial charge in [-0.1, -0.05) is 22.1 Å². The minimum absolute atomic E-state index is 0.119. The highest BCUT2D eigenvalue weighted by atomic mass is 32.3. The molecular formula is C12H10FNO4S. The van der Waals surface area contributed by atoms with Crippen molar-refractivity contribution in [1.82, 2.24) is 4.57 Å². The van der Waals surface area contributed by atoms with Gasteiger partial charge in [0, 0.05) is 12.3 Å². The molecule has 0 aliphatic rings. The quantitative estimate of drug-likeness (QED) is 0.797. The summed E-state index contributed by atoms with van der Waals surface area (Å²) in [4.78, 5) is 11.5. The van der Waals surface area contributed by atoms with Crippen LogP contribution in [0.25, 0.3) is 0 Å². The van der Waals surface area contributed by atoms with Crippen LogP contribution >= 0.6 is 0 Å². The number of halogens is 1. The second-order valence-corrected chi connectivity index (χ2v) is 4.74. The van der Waals surface area contributed by atoms with Crippen molar-refractivity contribution >= 4 is 10.5 Å². The highest BCUT2D eigenvalue weighted by molar-refractivity contribution is 7.81. The third kappa shape index (κ3) is 3.92. The molecule has 2 rings (SSSR count). The minimum atomic E-state index is -5.01. The lowest BCUT2D eigenvalue weighted by atomic mass is 10.2. The molecule has 1 aromatic carbocycles. The zero-order valence-corrected chi connectivity index (χ0v) is 10.5. The van der Waals surface area contributed by atoms with Crippen LogP contribution in [-0.4, -0.2) is 13.0 Å². The van der Waals surface area contributed by atoms with E-state index in [-0.39, 0.29) is 11.3 Å². The molecule has 7 heteroatoms. The van der Waals surface area contributed by atoms with Crippen molar-refractivity contribution in [2.75, 3.05) is 0 Å². The fourth-order valence-electron chi connectivity index (χ4n) is 1.55. The molecule has 0 aliphatic carbocycles. The molecule has 0 radical (unpaired) electrons. The number of nitrogens with zero attached hydrogens (tertiary/aromatic N) is 1. The Labute approximate surface area is 109 Å². The number of rotatable bonds is 4. The summed E-state index contributed by atoms with van der Waals surface area (Å²) in [7, 11) is -5.01. The molecule has 0 saturated carbocycles. The molecule has 1 heterocycles. The molecule has 0 fully saturated rings. The molecule has 5 nitrogen and oxygen atoms in total. The fourth-order valence-corrected chi connectivity index (χ4v) is 1.89. The zero-order chi connectivity index (χ0) is 13.9. The minimum Gasteiger partial charge on any atom is -0.358 e. The van der Waals surface area contributed by atoms with Gasteiger partial charge in [-0.15, -0.1) is 0 Å². The third-order valence-electron chi connectivity index (χ3n) is 2.37. The van der Waals surface area contributed by atoms with E-state index in [4.69, 9.17) is 0 Å². The van der Waals surface area contributed by atoms with Gasteiger partial charge < -0.3 is 8.75 Å². The lowest BCUT2D eigenvalue weighted by Gasteiger charge is -2.06. The van der Waals surface area contributed by atoms with Crippen LogP contribution in [0.4, 0.5) is 3.89 Å². The van der Waals surface area contributed by atoms with Gasteiger partial charge in [-0.3, -0.25) is 4.79 Å². The maximum atomic E-state index is 12.3. The lowest BCUT2D eigenvalue weighted by molar-refractivity contribution is 0.440. The van der Waals surface area contributed by atoms with Gasteiger partial charge in [0.25, 0.3) is 5.56 Å². The molecule has 0 spiro atoms. The smallest absolute Gasteiger partial charge is 0.358 e. The van der Waals surface area contributed by atoms with Crippen molar-refractivity contribution in [3.63, 3.8) is 0 Å². The van der Waals surface area contributed by atoms with Crippen LogP contribution in [0.5, 0.6) is 5.75 Å². The topological polar surface area (TPSA) is 65.4 Å². The Morgan fingerprint density at radius 3 is 2.37 bits per heavy atom. The summed E-state index contributed by atoms with van der Waals surface area (Å²) in [6.07, 6.45) is 1.64. The zero-order valence-electron chi connectivity index (χ0n) is 9.69. The van der Waals surface area contributed by atoms with Gasteiger partial charge in [-0.25, -0.2) is 0 Å². The van der Waals surface area contributed by atoms with Crippen molar-refractivity contribution in [3.05, 3.63) is 64.6 Å². The highest BCUT2D eigenvalue weighted by Crippen LogP contribution is 2.15. The maximum absolute atomic E-state index is 12.3. The Morgan fingerprint density at radius 1 is 1.11 bits per heavy atom. The molecule has 0 bridgehead atoms. The first-order chi connectivity index (χ1) is 8.94. The van der Waals surface area contributed by atoms with Crippen molar-refractivity contribution in [3.8, 4) is 5.75 Å². The average molecular weight is 283 g/mol. The SMILES string of the molecule is O=c1ccccn1Cc1ccc(OS(=O)(=O)F)cc1. The Hall–Kier alpha value is -2.15. The average Bonchev–Trinajstić information content (AvgIpc) is 2.33. The van der Waals surface area contributed by atoms with Gasteiger partial charge >= 0.3 is 10.5 Å². The maximum Gasteiger partial charge on any atom is 0.488 e. The normalized spacial score (nSPS) is 11.2. The monoisotopic (exact) mass is 283 g/mol. The Morgan fingerprint density at radius 2 is 1.79 bits per heavy atom. The number of aromatic nitrogens is 1. The molecule has 0 atom stereocenters. The van der Waals surface area contributed by atoms with Crippen LogP contribution in [0.1, 0.15) is 5.56 Å². The molecule has 100 valence electrons. The molecule has 0 amide bonds. The van der Waals surface area contributed by atoms with Crippen molar-refractivity contribution in [1.29, 1.82) is 0 Å². The molecule has 19 heavy (non-hydrogen) atoms. The van der Waals surface area contributed by atoms with E-state index in [1.807, 2.05) is 0 Å². The largest absolute Gasteiger partial charge is 0.488 e. The summed E-state index contributed by atoms with van der Waals surface area (Å²) < 4.78 is 38.4. The molecule has 0 aliphatic heterocycles. The summed E-state index contributed by atoms with van der Waals surface area (Å²) in [6.45, 7) is 0.336. The van der Waals surface area contributed by atoms with E-state index in [1.54, 1.807) is 30.5 Å². The van der Waals surface area contributed by atoms with E-state index in [0.29, 0.717) is 6.54 Å². The molecule has 1 aromatic heterocycles. The van der Waals surface area contributed by atoms with E-state index in [2.05, 4.69) is 4.18 Å². The number of pyridine rings is 1. The lowest BCUT2D eigenvalue weighted by Crippen LogP contribution is -2.18. The van der Waals surface area contributed by atoms with Crippen LogP contribution < -0.4 is 9.74 Å². The molecular weight excluding hydrogens is 273 g/mol. The van der Waals surface area contributed by atoms with E-state index in [0.717, 1.165) is 5.56 Å². The summed E-state index contributed by atoms with van der Waals surface area (Å²) >= 11 is 0. The molecule has 0 unspecified atom stereocenters. The van der Waals surface area contributed by atoms with Gasteiger partial charge in [-0.2, -0.15) is 8.42 Å². The van der Waals surface area contributed by atoms with Crippen molar-refractivity contribution < 1.29 is 16.5 Å². The first-order valence-electron chi connectivity index (χ1n) is 5.32.